The predicted molar refractivity (Wildman–Crippen MR) is 73.5 cm³/mol. The molecule has 0 spiro atoms. The summed E-state index contributed by atoms with van der Waals surface area (Å²) in [6.45, 7) is 1.15. The number of hydrogen-bond donors (Lipinski definition) is 1. The Bertz CT molecular complexity index is 481. The molecule has 1 aliphatic heterocycles. The van der Waals surface area contributed by atoms with Gasteiger partial charge in [-0.1, -0.05) is 42.0 Å². The minimum absolute atomic E-state index is 0.0422. The van der Waals surface area contributed by atoms with E-state index in [4.69, 9.17) is 4.74 Å². The zero-order valence-corrected chi connectivity index (χ0v) is 11.0. The van der Waals surface area contributed by atoms with Gasteiger partial charge in [-0.05, 0) is 24.8 Å². The van der Waals surface area contributed by atoms with E-state index in [1.807, 2.05) is 30.3 Å². The highest BCUT2D eigenvalue weighted by molar-refractivity contribution is 5.84. The second kappa shape index (κ2) is 5.57. The van der Waals surface area contributed by atoms with Gasteiger partial charge in [0, 0.05) is 0 Å². The van der Waals surface area contributed by atoms with Crippen molar-refractivity contribution in [3.05, 3.63) is 47.5 Å². The van der Waals surface area contributed by atoms with Crippen molar-refractivity contribution < 1.29 is 9.53 Å². The minimum atomic E-state index is 0.0422. The van der Waals surface area contributed by atoms with Crippen molar-refractivity contribution in [1.82, 2.24) is 5.32 Å². The molecule has 0 bridgehead atoms. The number of amides is 1. The normalized spacial score (nSPS) is 25.7. The molecule has 1 saturated carbocycles. The molecule has 100 valence electrons. The molecule has 1 amide bonds. The SMILES string of the molecule is O=C1N[C@@H](COCc2ccccc2)C=C2CCC[C@@H]12. The van der Waals surface area contributed by atoms with Crippen LogP contribution in [0.25, 0.3) is 0 Å². The molecule has 1 heterocycles. The van der Waals surface area contributed by atoms with Crippen molar-refractivity contribution in [1.29, 1.82) is 0 Å². The van der Waals surface area contributed by atoms with Gasteiger partial charge in [-0.2, -0.15) is 0 Å². The van der Waals surface area contributed by atoms with Gasteiger partial charge >= 0.3 is 0 Å². The Balaban J connectivity index is 1.53. The number of nitrogens with one attached hydrogen (secondary N) is 1. The molecular formula is C16H19NO2. The summed E-state index contributed by atoms with van der Waals surface area (Å²) in [5.41, 5.74) is 2.48. The van der Waals surface area contributed by atoms with Gasteiger partial charge < -0.3 is 10.1 Å². The first-order valence-electron chi connectivity index (χ1n) is 6.95. The van der Waals surface area contributed by atoms with E-state index in [0.717, 1.165) is 24.8 Å². The van der Waals surface area contributed by atoms with E-state index in [1.165, 1.54) is 5.57 Å². The predicted octanol–water partition coefficient (Wildman–Crippen LogP) is 2.43. The fourth-order valence-electron chi connectivity index (χ4n) is 2.92. The molecule has 1 N–H and O–H groups in total. The van der Waals surface area contributed by atoms with E-state index in [1.54, 1.807) is 0 Å². The fourth-order valence-corrected chi connectivity index (χ4v) is 2.92. The average Bonchev–Trinajstić information content (AvgIpc) is 2.89. The smallest absolute Gasteiger partial charge is 0.227 e. The van der Waals surface area contributed by atoms with Gasteiger partial charge in [0.1, 0.15) is 0 Å². The summed E-state index contributed by atoms with van der Waals surface area (Å²) in [5.74, 6) is 0.327. The molecule has 1 aromatic carbocycles. The number of carbonyl (C=O) groups is 1. The number of fused-ring (bicyclic) bond motifs is 1. The quantitative estimate of drug-likeness (QED) is 0.841. The second-order valence-electron chi connectivity index (χ2n) is 5.30. The highest BCUT2D eigenvalue weighted by atomic mass is 16.5. The van der Waals surface area contributed by atoms with Crippen molar-refractivity contribution in [2.24, 2.45) is 5.92 Å². The van der Waals surface area contributed by atoms with Crippen LogP contribution in [-0.2, 0) is 16.1 Å². The Kier molecular flexibility index (Phi) is 3.65. The van der Waals surface area contributed by atoms with E-state index in [0.29, 0.717) is 13.2 Å². The van der Waals surface area contributed by atoms with Gasteiger partial charge in [0.25, 0.3) is 0 Å². The summed E-state index contributed by atoms with van der Waals surface area (Å²) in [5, 5.41) is 3.03. The third kappa shape index (κ3) is 2.87. The first-order valence-corrected chi connectivity index (χ1v) is 6.95. The Hall–Kier alpha value is -1.61. The lowest BCUT2D eigenvalue weighted by atomic mass is 9.95. The lowest BCUT2D eigenvalue weighted by molar-refractivity contribution is -0.125. The van der Waals surface area contributed by atoms with Crippen LogP contribution in [0.15, 0.2) is 42.0 Å². The number of benzene rings is 1. The molecule has 3 heteroatoms. The second-order valence-corrected chi connectivity index (χ2v) is 5.30. The lowest BCUT2D eigenvalue weighted by Crippen LogP contribution is -2.44. The van der Waals surface area contributed by atoms with Crippen molar-refractivity contribution >= 4 is 5.91 Å². The highest BCUT2D eigenvalue weighted by Gasteiger charge is 2.32. The maximum atomic E-state index is 11.9. The molecule has 1 aliphatic carbocycles. The lowest BCUT2D eigenvalue weighted by Gasteiger charge is -2.25. The van der Waals surface area contributed by atoms with E-state index < -0.39 is 0 Å². The summed E-state index contributed by atoms with van der Waals surface area (Å²) in [6, 6.07) is 10.1. The van der Waals surface area contributed by atoms with Gasteiger partial charge in [0.2, 0.25) is 5.91 Å². The zero-order valence-electron chi connectivity index (χ0n) is 11.0. The Morgan fingerprint density at radius 2 is 2.11 bits per heavy atom. The molecular weight excluding hydrogens is 238 g/mol. The van der Waals surface area contributed by atoms with E-state index in [-0.39, 0.29) is 17.9 Å². The standard InChI is InChI=1S/C16H19NO2/c18-16-15-8-4-7-13(15)9-14(17-16)11-19-10-12-5-2-1-3-6-12/h1-3,5-6,9,14-15H,4,7-8,10-11H2,(H,17,18)/t14-,15-/m1/s1. The molecule has 0 saturated heterocycles. The summed E-state index contributed by atoms with van der Waals surface area (Å²) in [4.78, 5) is 11.9. The Morgan fingerprint density at radius 1 is 1.26 bits per heavy atom. The van der Waals surface area contributed by atoms with Gasteiger partial charge in [-0.25, -0.2) is 0 Å². The molecule has 3 nitrogen and oxygen atoms in total. The molecule has 1 aromatic rings. The van der Waals surface area contributed by atoms with Crippen LogP contribution < -0.4 is 5.32 Å². The molecule has 1 fully saturated rings. The van der Waals surface area contributed by atoms with Crippen molar-refractivity contribution in [3.8, 4) is 0 Å². The number of rotatable bonds is 4. The van der Waals surface area contributed by atoms with E-state index in [9.17, 15) is 4.79 Å². The van der Waals surface area contributed by atoms with E-state index in [2.05, 4.69) is 11.4 Å². The van der Waals surface area contributed by atoms with E-state index >= 15 is 0 Å². The molecule has 0 aromatic heterocycles. The van der Waals surface area contributed by atoms with Crippen LogP contribution in [0.2, 0.25) is 0 Å². The largest absolute Gasteiger partial charge is 0.374 e. The molecule has 2 aliphatic rings. The third-order valence-electron chi connectivity index (χ3n) is 3.87. The van der Waals surface area contributed by atoms with Gasteiger partial charge in [0.05, 0.1) is 25.2 Å². The molecule has 19 heavy (non-hydrogen) atoms. The van der Waals surface area contributed by atoms with Crippen LogP contribution in [-0.4, -0.2) is 18.6 Å². The van der Waals surface area contributed by atoms with Crippen molar-refractivity contribution in [2.45, 2.75) is 31.9 Å². The number of carbonyl (C=O) groups excluding carboxylic acids is 1. The molecule has 0 radical (unpaired) electrons. The van der Waals surface area contributed by atoms with Crippen LogP contribution >= 0.6 is 0 Å². The van der Waals surface area contributed by atoms with Crippen LogP contribution in [0.1, 0.15) is 24.8 Å². The minimum Gasteiger partial charge on any atom is -0.374 e. The van der Waals surface area contributed by atoms with Crippen LogP contribution in [0.3, 0.4) is 0 Å². The first-order chi connectivity index (χ1) is 9.33. The summed E-state index contributed by atoms with van der Waals surface area (Å²) >= 11 is 0. The highest BCUT2D eigenvalue weighted by Crippen LogP contribution is 2.33. The third-order valence-corrected chi connectivity index (χ3v) is 3.87. The zero-order chi connectivity index (χ0) is 13.1. The number of hydrogen-bond acceptors (Lipinski definition) is 2. The first kappa shape index (κ1) is 12.4. The molecule has 3 rings (SSSR count). The van der Waals surface area contributed by atoms with Gasteiger partial charge in [-0.3, -0.25) is 4.79 Å². The van der Waals surface area contributed by atoms with Gasteiger partial charge in [-0.15, -0.1) is 0 Å². The average molecular weight is 257 g/mol. The Morgan fingerprint density at radius 3 is 2.95 bits per heavy atom. The maximum absolute atomic E-state index is 11.9. The monoisotopic (exact) mass is 257 g/mol. The summed E-state index contributed by atoms with van der Waals surface area (Å²) in [6.07, 6.45) is 5.42. The number of ether oxygens (including phenoxy) is 1. The maximum Gasteiger partial charge on any atom is 0.227 e. The summed E-state index contributed by atoms with van der Waals surface area (Å²) in [7, 11) is 0. The summed E-state index contributed by atoms with van der Waals surface area (Å²) < 4.78 is 5.70. The van der Waals surface area contributed by atoms with Crippen LogP contribution in [0.4, 0.5) is 0 Å². The van der Waals surface area contributed by atoms with Crippen molar-refractivity contribution in [2.75, 3.05) is 6.61 Å². The fraction of sp³-hybridized carbons (Fsp3) is 0.438. The molecule has 2 atom stereocenters. The van der Waals surface area contributed by atoms with Gasteiger partial charge in [0.15, 0.2) is 0 Å². The van der Waals surface area contributed by atoms with Crippen LogP contribution in [0, 0.1) is 5.92 Å². The Labute approximate surface area is 113 Å². The topological polar surface area (TPSA) is 38.3 Å². The van der Waals surface area contributed by atoms with Crippen LogP contribution in [0.5, 0.6) is 0 Å². The van der Waals surface area contributed by atoms with Crippen molar-refractivity contribution in [3.63, 3.8) is 0 Å². The molecule has 0 unspecified atom stereocenters.